The highest BCUT2D eigenvalue weighted by Crippen LogP contribution is 2.38. The number of hydrogen-bond donors (Lipinski definition) is 4. The first-order valence-corrected chi connectivity index (χ1v) is 28.5. The van der Waals surface area contributed by atoms with Crippen LogP contribution in [0.2, 0.25) is 5.28 Å². The smallest absolute Gasteiger partial charge is 0.229 e. The summed E-state index contributed by atoms with van der Waals surface area (Å²) in [6.07, 6.45) is 6.92. The number of halogens is 1. The predicted octanol–water partition coefficient (Wildman–Crippen LogP) is 8.12. The molecule has 20 nitrogen and oxygen atoms in total. The molecule has 81 heavy (non-hydrogen) atoms. The first-order chi connectivity index (χ1) is 39.4. The Bertz CT molecular complexity index is 3030. The van der Waals surface area contributed by atoms with E-state index < -0.39 is 5.79 Å². The summed E-state index contributed by atoms with van der Waals surface area (Å²) >= 11 is 5.79. The van der Waals surface area contributed by atoms with Crippen molar-refractivity contribution in [1.82, 2.24) is 19.9 Å². The summed E-state index contributed by atoms with van der Waals surface area (Å²) in [6, 6.07) is 28.4. The van der Waals surface area contributed by atoms with E-state index in [1.807, 2.05) is 73.3 Å². The van der Waals surface area contributed by atoms with Crippen molar-refractivity contribution < 1.29 is 38.6 Å². The molecule has 6 aromatic rings. The molecule has 2 spiro atoms. The highest BCUT2D eigenvalue weighted by molar-refractivity contribution is 6.28. The summed E-state index contributed by atoms with van der Waals surface area (Å²) in [5, 5.41) is 22.5. The van der Waals surface area contributed by atoms with Crippen molar-refractivity contribution in [2.75, 3.05) is 160 Å². The average Bonchev–Trinajstić information content (AvgIpc) is 4.31. The molecular formula is C60H77ClN12O8. The number of anilines is 11. The zero-order valence-electron chi connectivity index (χ0n) is 47.1. The first kappa shape index (κ1) is 57.6. The van der Waals surface area contributed by atoms with E-state index in [2.05, 4.69) is 83.2 Å². The van der Waals surface area contributed by atoms with Gasteiger partial charge in [-0.1, -0.05) is 24.3 Å². The van der Waals surface area contributed by atoms with Crippen LogP contribution in [0.5, 0.6) is 0 Å². The standard InChI is InChI=1S/C30H38N6O4.C17H25N3O3.C13H14ClN3O/c1-22-3-4-23(21-37)17-27(22)34(2)28-5-8-31-29(33-28)32-24-18-25(20-26(19-24)36-11-13-38-14-12-36)35-9-6-30(7-10-35)39-15-16-40-30;18-14-11-15(13-16(12-14)20-5-7-21-8-6-20)19-3-1-17(2-4-19)22-9-10-23-17;1-9-3-4-10(8-18)7-11(9)17(2)12-5-6-15-13(14)16-12/h3-5,8,17-20,37H,6-7,9-16,21H2,1-2H3,(H,31,32,33);11-13H,1-10,18H2;3-7,18H,8H2,1-2H3. The lowest BCUT2D eigenvalue weighted by atomic mass is 10.0. The number of nitrogen functional groups attached to an aromatic ring is 1. The maximum absolute atomic E-state index is 9.62. The third kappa shape index (κ3) is 14.4. The quantitative estimate of drug-likeness (QED) is 0.0675. The number of hydrogen-bond acceptors (Lipinski definition) is 20. The molecule has 12 rings (SSSR count). The fourth-order valence-corrected chi connectivity index (χ4v) is 11.3. The van der Waals surface area contributed by atoms with Gasteiger partial charge in [-0.15, -0.1) is 0 Å². The van der Waals surface area contributed by atoms with E-state index in [-0.39, 0.29) is 24.3 Å². The number of rotatable bonds is 12. The number of morpholine rings is 2. The van der Waals surface area contributed by atoms with Crippen LogP contribution in [0.25, 0.3) is 0 Å². The van der Waals surface area contributed by atoms with Gasteiger partial charge in [0.1, 0.15) is 11.6 Å². The van der Waals surface area contributed by atoms with Crippen LogP contribution >= 0.6 is 11.6 Å². The minimum atomic E-state index is -0.408. The van der Waals surface area contributed by atoms with E-state index >= 15 is 0 Å². The molecular weight excluding hydrogens is 1050 g/mol. The predicted molar refractivity (Wildman–Crippen MR) is 318 cm³/mol. The Morgan fingerprint density at radius 2 is 0.938 bits per heavy atom. The molecule has 0 aliphatic carbocycles. The maximum Gasteiger partial charge on any atom is 0.229 e. The Kier molecular flexibility index (Phi) is 18.9. The molecule has 0 atom stereocenters. The van der Waals surface area contributed by atoms with Crippen molar-refractivity contribution in [1.29, 1.82) is 0 Å². The van der Waals surface area contributed by atoms with Crippen LogP contribution in [0.1, 0.15) is 47.9 Å². The van der Waals surface area contributed by atoms with Crippen LogP contribution in [-0.2, 0) is 41.6 Å². The molecule has 6 fully saturated rings. The topological polar surface area (TPSA) is 205 Å². The number of ether oxygens (including phenoxy) is 6. The van der Waals surface area contributed by atoms with Gasteiger partial charge in [0.25, 0.3) is 0 Å². The largest absolute Gasteiger partial charge is 0.399 e. The van der Waals surface area contributed by atoms with Crippen LogP contribution in [0.3, 0.4) is 0 Å². The molecule has 0 amide bonds. The second-order valence-corrected chi connectivity index (χ2v) is 21.5. The van der Waals surface area contributed by atoms with E-state index in [0.29, 0.717) is 25.0 Å². The summed E-state index contributed by atoms with van der Waals surface area (Å²) in [5.41, 5.74) is 18.5. The average molecular weight is 1130 g/mol. The third-order valence-electron chi connectivity index (χ3n) is 15.8. The van der Waals surface area contributed by atoms with Crippen molar-refractivity contribution in [3.63, 3.8) is 0 Å². The highest BCUT2D eigenvalue weighted by atomic mass is 35.5. The van der Waals surface area contributed by atoms with Crippen LogP contribution in [0.15, 0.2) is 97.3 Å². The molecule has 5 N–H and O–H groups in total. The van der Waals surface area contributed by atoms with E-state index in [0.717, 1.165) is 180 Å². The number of nitrogens with zero attached hydrogens (tertiary/aromatic N) is 10. The fourth-order valence-electron chi connectivity index (χ4n) is 11.2. The SMILES string of the molecule is Cc1ccc(CO)cc1N(C)c1ccnc(Cl)n1.Cc1ccc(CO)cc1N(C)c1ccnc(Nc2cc(N3CCOCC3)cc(N3CCC4(CC3)OCCO4)c2)n1.Nc1cc(N2CCOCC2)cc(N2CCC3(CC2)OCCO3)c1. The summed E-state index contributed by atoms with van der Waals surface area (Å²) < 4.78 is 34.6. The van der Waals surface area contributed by atoms with Gasteiger partial charge in [-0.05, 0) is 108 Å². The summed E-state index contributed by atoms with van der Waals surface area (Å²) in [7, 11) is 3.88. The highest BCUT2D eigenvalue weighted by Gasteiger charge is 2.41. The van der Waals surface area contributed by atoms with Gasteiger partial charge in [0, 0.05) is 150 Å². The normalized spacial score (nSPS) is 18.5. The molecule has 0 radical (unpaired) electrons. The van der Waals surface area contributed by atoms with Crippen molar-refractivity contribution in [3.05, 3.63) is 125 Å². The Balaban J connectivity index is 0.000000151. The number of piperidine rings is 2. The number of benzene rings is 4. The summed E-state index contributed by atoms with van der Waals surface area (Å²) in [5.74, 6) is 1.26. The van der Waals surface area contributed by atoms with Crippen LogP contribution in [0, 0.1) is 13.8 Å². The van der Waals surface area contributed by atoms with Gasteiger partial charge < -0.3 is 79.1 Å². The second-order valence-electron chi connectivity index (χ2n) is 21.1. The van der Waals surface area contributed by atoms with Crippen molar-refractivity contribution >= 4 is 74.7 Å². The summed E-state index contributed by atoms with van der Waals surface area (Å²) in [4.78, 5) is 30.8. The molecule has 6 aliphatic rings. The van der Waals surface area contributed by atoms with E-state index in [1.165, 1.54) is 11.4 Å². The Morgan fingerprint density at radius 3 is 1.37 bits per heavy atom. The zero-order valence-corrected chi connectivity index (χ0v) is 47.8. The monoisotopic (exact) mass is 1130 g/mol. The zero-order chi connectivity index (χ0) is 56.3. The molecule has 6 saturated heterocycles. The Morgan fingerprint density at radius 1 is 0.531 bits per heavy atom. The summed E-state index contributed by atoms with van der Waals surface area (Å²) in [6.45, 7) is 17.1. The Labute approximate surface area is 480 Å². The number of nitrogens with one attached hydrogen (secondary N) is 1. The Hall–Kier alpha value is -6.59. The molecule has 432 valence electrons. The van der Waals surface area contributed by atoms with E-state index in [9.17, 15) is 10.2 Å². The number of aliphatic hydroxyl groups excluding tert-OH is 2. The maximum atomic E-state index is 9.62. The molecule has 6 aliphatic heterocycles. The molecule has 2 aromatic heterocycles. The molecule has 0 saturated carbocycles. The lowest BCUT2D eigenvalue weighted by Crippen LogP contribution is -2.45. The lowest BCUT2D eigenvalue weighted by Gasteiger charge is -2.39. The van der Waals surface area contributed by atoms with Crippen LogP contribution in [0.4, 0.5) is 63.1 Å². The number of aryl methyl sites for hydroxylation is 2. The third-order valence-corrected chi connectivity index (χ3v) is 16.0. The van der Waals surface area contributed by atoms with E-state index in [4.69, 9.17) is 50.7 Å². The molecule has 8 heterocycles. The number of nitrogens with two attached hydrogens (primary N) is 1. The fraction of sp³-hybridized carbons (Fsp3) is 0.467. The molecule has 0 unspecified atom stereocenters. The number of aliphatic hydroxyl groups is 2. The van der Waals surface area contributed by atoms with Gasteiger partial charge in [0.15, 0.2) is 11.6 Å². The second kappa shape index (κ2) is 26.5. The van der Waals surface area contributed by atoms with Crippen molar-refractivity contribution in [2.45, 2.75) is 64.3 Å². The van der Waals surface area contributed by atoms with Gasteiger partial charge in [-0.2, -0.15) is 4.98 Å². The first-order valence-electron chi connectivity index (χ1n) is 28.1. The molecule has 4 aromatic carbocycles. The van der Waals surface area contributed by atoms with Crippen molar-refractivity contribution in [3.8, 4) is 0 Å². The van der Waals surface area contributed by atoms with Gasteiger partial charge in [0.05, 0.1) is 66.1 Å². The minimum Gasteiger partial charge on any atom is -0.399 e. The lowest BCUT2D eigenvalue weighted by molar-refractivity contribution is -0.169. The van der Waals surface area contributed by atoms with E-state index in [1.54, 1.807) is 18.5 Å². The van der Waals surface area contributed by atoms with Gasteiger partial charge in [0.2, 0.25) is 11.2 Å². The minimum absolute atomic E-state index is 0.00241. The van der Waals surface area contributed by atoms with Gasteiger partial charge in [-0.25, -0.2) is 15.0 Å². The number of aromatic nitrogens is 4. The van der Waals surface area contributed by atoms with Crippen LogP contribution in [-0.4, -0.2) is 161 Å². The van der Waals surface area contributed by atoms with Gasteiger partial charge in [-0.3, -0.25) is 0 Å². The van der Waals surface area contributed by atoms with Crippen molar-refractivity contribution in [2.24, 2.45) is 0 Å². The molecule has 0 bridgehead atoms. The van der Waals surface area contributed by atoms with Gasteiger partial charge >= 0.3 is 0 Å². The van der Waals surface area contributed by atoms with Crippen LogP contribution < -0.4 is 40.4 Å². The molecule has 21 heteroatoms.